The van der Waals surface area contributed by atoms with Gasteiger partial charge in [-0.05, 0) is 55.3 Å². The lowest BCUT2D eigenvalue weighted by atomic mass is 9.80. The number of amides is 3. The first-order valence-electron chi connectivity index (χ1n) is 13.6. The summed E-state index contributed by atoms with van der Waals surface area (Å²) in [7, 11) is 0. The summed E-state index contributed by atoms with van der Waals surface area (Å²) in [5.74, 6) is -0.741. The van der Waals surface area contributed by atoms with E-state index in [1.807, 2.05) is 60.7 Å². The van der Waals surface area contributed by atoms with E-state index in [1.165, 1.54) is 11.3 Å². The molecule has 2 aromatic carbocycles. The molecule has 0 bridgehead atoms. The molecule has 8 heteroatoms. The van der Waals surface area contributed by atoms with Crippen LogP contribution in [0.4, 0.5) is 0 Å². The third-order valence-electron chi connectivity index (χ3n) is 7.23. The van der Waals surface area contributed by atoms with Crippen molar-refractivity contribution in [2.45, 2.75) is 69.4 Å². The number of thiophene rings is 1. The first-order valence-corrected chi connectivity index (χ1v) is 14.5. The fraction of sp³-hybridized carbons (Fsp3) is 0.433. The fourth-order valence-corrected chi connectivity index (χ4v) is 6.03. The largest absolute Gasteiger partial charge is 0.354 e. The van der Waals surface area contributed by atoms with Crippen LogP contribution < -0.4 is 21.7 Å². The Bertz CT molecular complexity index is 1190. The molecule has 1 heterocycles. The molecule has 1 fully saturated rings. The average molecular weight is 535 g/mol. The van der Waals surface area contributed by atoms with Gasteiger partial charge >= 0.3 is 0 Å². The first-order chi connectivity index (χ1) is 18.5. The Morgan fingerprint density at radius 1 is 0.921 bits per heavy atom. The summed E-state index contributed by atoms with van der Waals surface area (Å²) in [4.78, 5) is 41.0. The molecular formula is C30H38N4O3S. The van der Waals surface area contributed by atoms with E-state index in [0.29, 0.717) is 37.2 Å². The Morgan fingerprint density at radius 2 is 1.66 bits per heavy atom. The van der Waals surface area contributed by atoms with Crippen molar-refractivity contribution in [3.05, 3.63) is 71.1 Å². The minimum atomic E-state index is -1.04. The van der Waals surface area contributed by atoms with Gasteiger partial charge in [0.15, 0.2) is 0 Å². The number of hydrogen-bond donors (Lipinski definition) is 4. The number of hydrogen-bond acceptors (Lipinski definition) is 5. The summed E-state index contributed by atoms with van der Waals surface area (Å²) in [6.45, 7) is 1.17. The zero-order valence-electron chi connectivity index (χ0n) is 21.8. The standard InChI is InChI=1S/C30H38N4O3S/c31-18-10-3-11-19-32-27(35)24(20-22-12-4-1-5-13-22)33-29(37)30(16-8-2-9-17-30)34-28(36)26-21-23-14-6-7-15-25(23)38-26/h1,4-7,12-15,21,24H,2-3,8-11,16-20,31H2,(H,32,35)(H,33,37)(H,34,36)/t24-/m0/s1. The first kappa shape index (κ1) is 27.8. The summed E-state index contributed by atoms with van der Waals surface area (Å²) < 4.78 is 1.03. The molecule has 1 saturated carbocycles. The second-order valence-corrected chi connectivity index (χ2v) is 11.2. The van der Waals surface area contributed by atoms with Gasteiger partial charge in [0, 0.05) is 17.7 Å². The summed E-state index contributed by atoms with van der Waals surface area (Å²) in [6, 6.07) is 18.7. The van der Waals surface area contributed by atoms with Gasteiger partial charge in [-0.15, -0.1) is 11.3 Å². The third-order valence-corrected chi connectivity index (χ3v) is 8.34. The van der Waals surface area contributed by atoms with Gasteiger partial charge < -0.3 is 21.7 Å². The third kappa shape index (κ3) is 7.20. The van der Waals surface area contributed by atoms with Crippen LogP contribution in [0.5, 0.6) is 0 Å². The van der Waals surface area contributed by atoms with E-state index >= 15 is 0 Å². The lowest BCUT2D eigenvalue weighted by Crippen LogP contribution is -2.62. The van der Waals surface area contributed by atoms with Crippen LogP contribution in [0.3, 0.4) is 0 Å². The minimum absolute atomic E-state index is 0.211. The van der Waals surface area contributed by atoms with Gasteiger partial charge in [0.05, 0.1) is 4.88 Å². The van der Waals surface area contributed by atoms with Gasteiger partial charge in [0.1, 0.15) is 11.6 Å². The van der Waals surface area contributed by atoms with Gasteiger partial charge in [0.25, 0.3) is 5.91 Å². The van der Waals surface area contributed by atoms with Crippen molar-refractivity contribution in [3.63, 3.8) is 0 Å². The van der Waals surface area contributed by atoms with E-state index in [1.54, 1.807) is 0 Å². The second kappa shape index (κ2) is 13.5. The van der Waals surface area contributed by atoms with Crippen LogP contribution in [0.1, 0.15) is 66.6 Å². The van der Waals surface area contributed by atoms with E-state index in [-0.39, 0.29) is 17.7 Å². The zero-order valence-corrected chi connectivity index (χ0v) is 22.7. The average Bonchev–Trinajstić information content (AvgIpc) is 3.38. The molecule has 0 aliphatic heterocycles. The predicted octanol–water partition coefficient (Wildman–Crippen LogP) is 4.31. The van der Waals surface area contributed by atoms with Gasteiger partial charge in [-0.25, -0.2) is 0 Å². The van der Waals surface area contributed by atoms with Crippen molar-refractivity contribution in [3.8, 4) is 0 Å². The van der Waals surface area contributed by atoms with Crippen molar-refractivity contribution in [2.75, 3.05) is 13.1 Å². The number of nitrogens with one attached hydrogen (secondary N) is 3. The highest BCUT2D eigenvalue weighted by molar-refractivity contribution is 7.20. The fourth-order valence-electron chi connectivity index (χ4n) is 5.07. The Kier molecular flexibility index (Phi) is 9.90. The molecule has 202 valence electrons. The number of rotatable bonds is 12. The van der Waals surface area contributed by atoms with Crippen molar-refractivity contribution in [1.82, 2.24) is 16.0 Å². The zero-order chi connectivity index (χ0) is 26.8. The van der Waals surface area contributed by atoms with E-state index < -0.39 is 11.6 Å². The lowest BCUT2D eigenvalue weighted by molar-refractivity contribution is -0.133. The van der Waals surface area contributed by atoms with Crippen molar-refractivity contribution >= 4 is 39.1 Å². The molecule has 0 spiro atoms. The van der Waals surface area contributed by atoms with Crippen molar-refractivity contribution < 1.29 is 14.4 Å². The number of carbonyl (C=O) groups excluding carboxylic acids is 3. The molecule has 5 N–H and O–H groups in total. The maximum absolute atomic E-state index is 13.9. The summed E-state index contributed by atoms with van der Waals surface area (Å²) in [5, 5.41) is 10.1. The minimum Gasteiger partial charge on any atom is -0.354 e. The van der Waals surface area contributed by atoms with Crippen LogP contribution in [-0.4, -0.2) is 42.4 Å². The highest BCUT2D eigenvalue weighted by Crippen LogP contribution is 2.31. The van der Waals surface area contributed by atoms with Crippen LogP contribution >= 0.6 is 11.3 Å². The van der Waals surface area contributed by atoms with Crippen LogP contribution in [0, 0.1) is 0 Å². The van der Waals surface area contributed by atoms with Crippen LogP contribution in [-0.2, 0) is 16.0 Å². The van der Waals surface area contributed by atoms with Crippen molar-refractivity contribution in [2.24, 2.45) is 5.73 Å². The van der Waals surface area contributed by atoms with Crippen LogP contribution in [0.2, 0.25) is 0 Å². The second-order valence-electron chi connectivity index (χ2n) is 10.1. The molecule has 3 amide bonds. The molecule has 38 heavy (non-hydrogen) atoms. The molecule has 0 radical (unpaired) electrons. The molecule has 1 aliphatic carbocycles. The number of benzene rings is 2. The van der Waals surface area contributed by atoms with E-state index in [9.17, 15) is 14.4 Å². The topological polar surface area (TPSA) is 113 Å². The molecule has 7 nitrogen and oxygen atoms in total. The van der Waals surface area contributed by atoms with Gasteiger partial charge in [-0.3, -0.25) is 14.4 Å². The molecule has 1 aliphatic rings. The molecule has 0 unspecified atom stereocenters. The van der Waals surface area contributed by atoms with E-state index in [4.69, 9.17) is 5.73 Å². The van der Waals surface area contributed by atoms with Gasteiger partial charge in [-0.2, -0.15) is 0 Å². The number of fused-ring (bicyclic) bond motifs is 1. The van der Waals surface area contributed by atoms with Crippen LogP contribution in [0.15, 0.2) is 60.7 Å². The smallest absolute Gasteiger partial charge is 0.262 e. The molecular weight excluding hydrogens is 496 g/mol. The quantitative estimate of drug-likeness (QED) is 0.259. The summed E-state index contributed by atoms with van der Waals surface area (Å²) in [5.41, 5.74) is 5.49. The van der Waals surface area contributed by atoms with E-state index in [2.05, 4.69) is 16.0 Å². The number of unbranched alkanes of at least 4 members (excludes halogenated alkanes) is 2. The van der Waals surface area contributed by atoms with Crippen molar-refractivity contribution in [1.29, 1.82) is 0 Å². The summed E-state index contributed by atoms with van der Waals surface area (Å²) >= 11 is 1.42. The maximum atomic E-state index is 13.9. The highest BCUT2D eigenvalue weighted by Gasteiger charge is 2.42. The SMILES string of the molecule is NCCCCCNC(=O)[C@H](Cc1ccccc1)NC(=O)C1(NC(=O)c2cc3ccccc3s2)CCCCC1. The Balaban J connectivity index is 1.49. The molecule has 0 saturated heterocycles. The maximum Gasteiger partial charge on any atom is 0.262 e. The predicted molar refractivity (Wildman–Crippen MR) is 153 cm³/mol. The van der Waals surface area contributed by atoms with Gasteiger partial charge in [-0.1, -0.05) is 74.2 Å². The lowest BCUT2D eigenvalue weighted by Gasteiger charge is -2.37. The normalized spacial score (nSPS) is 15.5. The Morgan fingerprint density at radius 3 is 2.39 bits per heavy atom. The molecule has 1 atom stereocenters. The summed E-state index contributed by atoms with van der Waals surface area (Å²) in [6.07, 6.45) is 6.88. The molecule has 3 aromatic rings. The van der Waals surface area contributed by atoms with E-state index in [0.717, 1.165) is 54.2 Å². The molecule has 1 aromatic heterocycles. The van der Waals surface area contributed by atoms with Gasteiger partial charge in [0.2, 0.25) is 11.8 Å². The monoisotopic (exact) mass is 534 g/mol. The Hall–Kier alpha value is -3.23. The Labute approximate surface area is 228 Å². The van der Waals surface area contributed by atoms with Crippen LogP contribution in [0.25, 0.3) is 10.1 Å². The number of carbonyl (C=O) groups is 3. The highest BCUT2D eigenvalue weighted by atomic mass is 32.1. The molecule has 4 rings (SSSR count). The number of nitrogens with two attached hydrogens (primary N) is 1.